The van der Waals surface area contributed by atoms with Gasteiger partial charge in [-0.05, 0) is 36.5 Å². The number of hydrogen-bond donors (Lipinski definition) is 2. The van der Waals surface area contributed by atoms with Crippen LogP contribution in [0.25, 0.3) is 0 Å². The van der Waals surface area contributed by atoms with Gasteiger partial charge in [-0.2, -0.15) is 0 Å². The summed E-state index contributed by atoms with van der Waals surface area (Å²) in [6.07, 6.45) is 1.87. The van der Waals surface area contributed by atoms with E-state index in [1.54, 1.807) is 6.07 Å². The number of rotatable bonds is 3. The summed E-state index contributed by atoms with van der Waals surface area (Å²) in [5.41, 5.74) is 3.64. The average Bonchev–Trinajstić information content (AvgIpc) is 2.34. The fraction of sp³-hybridized carbons (Fsp3) is 0.500. The molecule has 1 saturated heterocycles. The van der Waals surface area contributed by atoms with Crippen LogP contribution in [0.5, 0.6) is 0 Å². The Bertz CT molecular complexity index is 383. The molecule has 3 N–H and O–H groups in total. The number of benzene rings is 1. The normalized spacial score (nSPS) is 19.2. The van der Waals surface area contributed by atoms with Crippen molar-refractivity contribution in [3.8, 4) is 0 Å². The lowest BCUT2D eigenvalue weighted by atomic mass is 9.87. The van der Waals surface area contributed by atoms with Crippen molar-refractivity contribution in [2.24, 2.45) is 11.8 Å². The second kappa shape index (κ2) is 5.78. The Morgan fingerprint density at radius 2 is 2.12 bits per heavy atom. The van der Waals surface area contributed by atoms with Crippen LogP contribution >= 0.6 is 11.6 Å². The Morgan fingerprint density at radius 3 is 2.71 bits per heavy atom. The second-order valence-electron chi connectivity index (χ2n) is 4.26. The minimum atomic E-state index is -0.332. The topological polar surface area (TPSA) is 47.3 Å². The number of ether oxygens (including phenoxy) is 1. The Kier molecular flexibility index (Phi) is 4.34. The van der Waals surface area contributed by atoms with Crippen molar-refractivity contribution in [3.05, 3.63) is 34.6 Å². The van der Waals surface area contributed by atoms with E-state index in [1.807, 2.05) is 0 Å². The molecule has 1 aliphatic rings. The SMILES string of the molecule is NNC(c1ccc(F)cc1Cl)C1CCOCC1. The maximum atomic E-state index is 13.0. The van der Waals surface area contributed by atoms with E-state index >= 15 is 0 Å². The van der Waals surface area contributed by atoms with Crippen LogP contribution in [0, 0.1) is 11.7 Å². The van der Waals surface area contributed by atoms with Gasteiger partial charge >= 0.3 is 0 Å². The van der Waals surface area contributed by atoms with Crippen LogP contribution in [0.2, 0.25) is 5.02 Å². The quantitative estimate of drug-likeness (QED) is 0.647. The van der Waals surface area contributed by atoms with Gasteiger partial charge in [0, 0.05) is 18.2 Å². The smallest absolute Gasteiger partial charge is 0.124 e. The Hall–Kier alpha value is -0.680. The molecule has 0 spiro atoms. The summed E-state index contributed by atoms with van der Waals surface area (Å²) in [4.78, 5) is 0. The van der Waals surface area contributed by atoms with Gasteiger partial charge in [0.2, 0.25) is 0 Å². The van der Waals surface area contributed by atoms with Crippen LogP contribution in [-0.4, -0.2) is 13.2 Å². The number of halogens is 2. The molecule has 1 unspecified atom stereocenters. The lowest BCUT2D eigenvalue weighted by Crippen LogP contribution is -2.36. The maximum Gasteiger partial charge on any atom is 0.124 e. The molecule has 0 radical (unpaired) electrons. The highest BCUT2D eigenvalue weighted by atomic mass is 35.5. The summed E-state index contributed by atoms with van der Waals surface area (Å²) < 4.78 is 18.3. The summed E-state index contributed by atoms with van der Waals surface area (Å²) in [5.74, 6) is 5.64. The van der Waals surface area contributed by atoms with Crippen LogP contribution in [-0.2, 0) is 4.74 Å². The van der Waals surface area contributed by atoms with Crippen molar-refractivity contribution in [1.29, 1.82) is 0 Å². The average molecular weight is 259 g/mol. The van der Waals surface area contributed by atoms with E-state index in [2.05, 4.69) is 5.43 Å². The van der Waals surface area contributed by atoms with Crippen LogP contribution in [0.3, 0.4) is 0 Å². The maximum absolute atomic E-state index is 13.0. The fourth-order valence-electron chi connectivity index (χ4n) is 2.28. The minimum Gasteiger partial charge on any atom is -0.381 e. The van der Waals surface area contributed by atoms with Crippen molar-refractivity contribution in [2.75, 3.05) is 13.2 Å². The number of nitrogens with two attached hydrogens (primary N) is 1. The molecule has 1 aliphatic heterocycles. The molecule has 5 heteroatoms. The number of nitrogens with one attached hydrogen (secondary N) is 1. The predicted octanol–water partition coefficient (Wildman–Crippen LogP) is 2.41. The Morgan fingerprint density at radius 1 is 1.41 bits per heavy atom. The second-order valence-corrected chi connectivity index (χ2v) is 4.67. The van der Waals surface area contributed by atoms with E-state index in [4.69, 9.17) is 22.2 Å². The van der Waals surface area contributed by atoms with E-state index in [9.17, 15) is 4.39 Å². The van der Waals surface area contributed by atoms with Crippen LogP contribution in [0.4, 0.5) is 4.39 Å². The molecular formula is C12H16ClFN2O. The molecular weight excluding hydrogens is 243 g/mol. The molecule has 1 heterocycles. The van der Waals surface area contributed by atoms with Crippen LogP contribution in [0.1, 0.15) is 24.4 Å². The van der Waals surface area contributed by atoms with E-state index < -0.39 is 0 Å². The minimum absolute atomic E-state index is 0.0491. The molecule has 0 aromatic heterocycles. The molecule has 0 saturated carbocycles. The largest absolute Gasteiger partial charge is 0.381 e. The summed E-state index contributed by atoms with van der Waals surface area (Å²) in [5, 5.41) is 0.416. The van der Waals surface area contributed by atoms with Gasteiger partial charge in [0.05, 0.1) is 6.04 Å². The van der Waals surface area contributed by atoms with Crippen molar-refractivity contribution in [2.45, 2.75) is 18.9 Å². The van der Waals surface area contributed by atoms with Gasteiger partial charge in [0.25, 0.3) is 0 Å². The van der Waals surface area contributed by atoms with E-state index in [-0.39, 0.29) is 11.9 Å². The van der Waals surface area contributed by atoms with Gasteiger partial charge in [0.15, 0.2) is 0 Å². The first-order valence-electron chi connectivity index (χ1n) is 5.71. The Balaban J connectivity index is 2.21. The van der Waals surface area contributed by atoms with Crippen LogP contribution in [0.15, 0.2) is 18.2 Å². The standard InChI is InChI=1S/C12H16ClFN2O/c13-11-7-9(14)1-2-10(11)12(16-15)8-3-5-17-6-4-8/h1-2,7-8,12,16H,3-6,15H2. The predicted molar refractivity (Wildman–Crippen MR) is 65.0 cm³/mol. The van der Waals surface area contributed by atoms with Gasteiger partial charge in [-0.15, -0.1) is 0 Å². The lowest BCUT2D eigenvalue weighted by Gasteiger charge is -2.30. The monoisotopic (exact) mass is 258 g/mol. The van der Waals surface area contributed by atoms with Gasteiger partial charge < -0.3 is 4.74 Å². The van der Waals surface area contributed by atoms with Crippen LogP contribution < -0.4 is 11.3 Å². The molecule has 94 valence electrons. The molecule has 3 nitrogen and oxygen atoms in total. The molecule has 0 amide bonds. The first-order chi connectivity index (χ1) is 8.22. The van der Waals surface area contributed by atoms with Crippen molar-refractivity contribution in [1.82, 2.24) is 5.43 Å². The van der Waals surface area contributed by atoms with E-state index in [0.29, 0.717) is 10.9 Å². The van der Waals surface area contributed by atoms with Crippen molar-refractivity contribution in [3.63, 3.8) is 0 Å². The lowest BCUT2D eigenvalue weighted by molar-refractivity contribution is 0.0536. The zero-order chi connectivity index (χ0) is 12.3. The molecule has 2 rings (SSSR count). The summed E-state index contributed by atoms with van der Waals surface area (Å²) in [6, 6.07) is 4.37. The van der Waals surface area contributed by atoms with E-state index in [1.165, 1.54) is 12.1 Å². The Labute approximate surface area is 105 Å². The third kappa shape index (κ3) is 2.96. The van der Waals surface area contributed by atoms with Crippen molar-refractivity contribution < 1.29 is 9.13 Å². The molecule has 17 heavy (non-hydrogen) atoms. The molecule has 1 atom stereocenters. The molecule has 1 aromatic rings. The zero-order valence-electron chi connectivity index (χ0n) is 9.46. The molecule has 0 aliphatic carbocycles. The first kappa shape index (κ1) is 12.8. The van der Waals surface area contributed by atoms with Crippen molar-refractivity contribution >= 4 is 11.6 Å². The van der Waals surface area contributed by atoms with Gasteiger partial charge in [-0.25, -0.2) is 4.39 Å². The highest BCUT2D eigenvalue weighted by molar-refractivity contribution is 6.31. The third-order valence-electron chi connectivity index (χ3n) is 3.21. The van der Waals surface area contributed by atoms with E-state index in [0.717, 1.165) is 31.6 Å². The molecule has 1 aromatic carbocycles. The fourth-order valence-corrected chi connectivity index (χ4v) is 2.57. The number of hydrazine groups is 1. The number of hydrogen-bond acceptors (Lipinski definition) is 3. The zero-order valence-corrected chi connectivity index (χ0v) is 10.2. The molecule has 0 bridgehead atoms. The summed E-state index contributed by atoms with van der Waals surface area (Å²) >= 11 is 6.06. The van der Waals surface area contributed by atoms with Gasteiger partial charge in [0.1, 0.15) is 5.82 Å². The first-order valence-corrected chi connectivity index (χ1v) is 6.09. The van der Waals surface area contributed by atoms with Gasteiger partial charge in [-0.1, -0.05) is 17.7 Å². The highest BCUT2D eigenvalue weighted by Gasteiger charge is 2.26. The highest BCUT2D eigenvalue weighted by Crippen LogP contribution is 2.33. The summed E-state index contributed by atoms with van der Waals surface area (Å²) in [6.45, 7) is 1.48. The third-order valence-corrected chi connectivity index (χ3v) is 3.54. The molecule has 1 fully saturated rings. The van der Waals surface area contributed by atoms with Gasteiger partial charge in [-0.3, -0.25) is 11.3 Å². The summed E-state index contributed by atoms with van der Waals surface area (Å²) in [7, 11) is 0.